The molecular weight excluding hydrogens is 434 g/mol. The third-order valence-corrected chi connectivity index (χ3v) is 6.88. The number of ether oxygens (including phenoxy) is 1. The average molecular weight is 488 g/mol. The van der Waals surface area contributed by atoms with E-state index in [0.29, 0.717) is 13.2 Å². The molecule has 1 N–H and O–H groups in total. The fourth-order valence-electron chi connectivity index (χ4n) is 4.53. The summed E-state index contributed by atoms with van der Waals surface area (Å²) in [5.74, 6) is 0.471. The van der Waals surface area contributed by atoms with Crippen molar-refractivity contribution in [3.63, 3.8) is 0 Å². The fourth-order valence-corrected chi connectivity index (χ4v) is 4.53. The van der Waals surface area contributed by atoms with E-state index < -0.39 is 0 Å². The van der Waals surface area contributed by atoms with Gasteiger partial charge in [0.1, 0.15) is 18.2 Å². The third kappa shape index (κ3) is 13.6. The summed E-state index contributed by atoms with van der Waals surface area (Å²) in [5.41, 5.74) is 0.0608. The summed E-state index contributed by atoms with van der Waals surface area (Å²) in [6.07, 6.45) is 23.6. The Hall–Kier alpha value is -1.96. The lowest BCUT2D eigenvalue weighted by Crippen LogP contribution is -2.39. The monoisotopic (exact) mass is 487 g/mol. The van der Waals surface area contributed by atoms with Crippen LogP contribution in [0.25, 0.3) is 0 Å². The van der Waals surface area contributed by atoms with Crippen molar-refractivity contribution in [2.75, 3.05) is 19.7 Å². The van der Waals surface area contributed by atoms with Gasteiger partial charge in [-0.15, -0.1) is 0 Å². The number of hydrogen-bond acceptors (Lipinski definition) is 4. The molecule has 0 aromatic carbocycles. The van der Waals surface area contributed by atoms with Crippen LogP contribution in [0.5, 0.6) is 0 Å². The van der Waals surface area contributed by atoms with E-state index in [2.05, 4.69) is 44.0 Å². The number of carbonyl (C=O) groups is 1. The van der Waals surface area contributed by atoms with Crippen LogP contribution in [0.2, 0.25) is 0 Å². The van der Waals surface area contributed by atoms with Gasteiger partial charge in [0.25, 0.3) is 5.91 Å². The number of nitrogens with zero attached hydrogens (tertiary/aromatic N) is 2. The Morgan fingerprint density at radius 1 is 0.914 bits per heavy atom. The first-order valence-corrected chi connectivity index (χ1v) is 14.5. The molecule has 1 rings (SSSR count). The quantitative estimate of drug-likeness (QED) is 0.108. The molecule has 1 aliphatic rings. The molecule has 0 aromatic heterocycles. The van der Waals surface area contributed by atoms with Gasteiger partial charge in [-0.3, -0.25) is 4.79 Å². The number of carbonyl (C=O) groups excluding carboxylic acids is 1. The number of hydrogen-bond donors (Lipinski definition) is 1. The zero-order valence-electron chi connectivity index (χ0n) is 23.3. The van der Waals surface area contributed by atoms with Crippen LogP contribution in [0.1, 0.15) is 130 Å². The largest absolute Gasteiger partial charge is 0.477 e. The molecule has 200 valence electrons. The predicted octanol–water partition coefficient (Wildman–Crippen LogP) is 7.79. The maximum atomic E-state index is 12.5. The maximum absolute atomic E-state index is 12.5. The number of nitriles is 1. The van der Waals surface area contributed by atoms with Crippen LogP contribution >= 0.6 is 0 Å². The van der Waals surface area contributed by atoms with E-state index in [1.165, 1.54) is 83.5 Å². The van der Waals surface area contributed by atoms with Crippen molar-refractivity contribution < 1.29 is 9.53 Å². The van der Waals surface area contributed by atoms with Gasteiger partial charge in [-0.05, 0) is 38.8 Å². The molecular formula is C30H53N3O2. The Morgan fingerprint density at radius 3 is 1.97 bits per heavy atom. The van der Waals surface area contributed by atoms with Crippen LogP contribution < -0.4 is 5.32 Å². The van der Waals surface area contributed by atoms with E-state index in [4.69, 9.17) is 4.74 Å². The van der Waals surface area contributed by atoms with E-state index in [0.717, 1.165) is 31.7 Å². The molecule has 5 nitrogen and oxygen atoms in total. The minimum absolute atomic E-state index is 0.0757. The lowest BCUT2D eigenvalue weighted by molar-refractivity contribution is -0.117. The highest BCUT2D eigenvalue weighted by atomic mass is 16.5. The minimum Gasteiger partial charge on any atom is -0.477 e. The topological polar surface area (TPSA) is 65.4 Å². The summed E-state index contributed by atoms with van der Waals surface area (Å²) in [6, 6.07) is 2.05. The molecule has 0 aliphatic carbocycles. The molecule has 0 bridgehead atoms. The Kier molecular flexibility index (Phi) is 17.1. The van der Waals surface area contributed by atoms with Gasteiger partial charge in [0, 0.05) is 13.1 Å². The second-order valence-corrected chi connectivity index (χ2v) is 10.7. The van der Waals surface area contributed by atoms with Gasteiger partial charge in [-0.1, -0.05) is 104 Å². The molecule has 1 saturated heterocycles. The highest BCUT2D eigenvalue weighted by molar-refractivity contribution is 5.97. The summed E-state index contributed by atoms with van der Waals surface area (Å²) in [5, 5.41) is 12.4. The summed E-state index contributed by atoms with van der Waals surface area (Å²) in [7, 11) is 0. The van der Waals surface area contributed by atoms with E-state index >= 15 is 0 Å². The second-order valence-electron chi connectivity index (χ2n) is 10.7. The number of amides is 1. The van der Waals surface area contributed by atoms with Crippen molar-refractivity contribution in [1.82, 2.24) is 10.2 Å². The molecule has 0 unspecified atom stereocenters. The lowest BCUT2D eigenvalue weighted by atomic mass is 10.0. The van der Waals surface area contributed by atoms with Crippen molar-refractivity contribution in [2.24, 2.45) is 0 Å². The third-order valence-electron chi connectivity index (χ3n) is 6.88. The number of rotatable bonds is 20. The maximum Gasteiger partial charge on any atom is 0.261 e. The van der Waals surface area contributed by atoms with Crippen LogP contribution in [0.3, 0.4) is 0 Å². The van der Waals surface area contributed by atoms with Crippen LogP contribution in [0.15, 0.2) is 23.6 Å². The Labute approximate surface area is 216 Å². The summed E-state index contributed by atoms with van der Waals surface area (Å²) >= 11 is 0. The molecule has 0 atom stereocenters. The summed E-state index contributed by atoms with van der Waals surface area (Å²) < 4.78 is 5.92. The lowest BCUT2D eigenvalue weighted by Gasteiger charge is -2.30. The van der Waals surface area contributed by atoms with Crippen LogP contribution in [0.4, 0.5) is 0 Å². The fraction of sp³-hybridized carbons (Fsp3) is 0.800. The van der Waals surface area contributed by atoms with E-state index in [1.807, 2.05) is 0 Å². The minimum atomic E-state index is -0.292. The predicted molar refractivity (Wildman–Crippen MR) is 147 cm³/mol. The van der Waals surface area contributed by atoms with Gasteiger partial charge in [0.15, 0.2) is 5.88 Å². The van der Waals surface area contributed by atoms with Gasteiger partial charge in [-0.2, -0.15) is 5.26 Å². The van der Waals surface area contributed by atoms with Crippen LogP contribution in [-0.2, 0) is 9.53 Å². The number of nitrogens with one attached hydrogen (secondary N) is 1. The van der Waals surface area contributed by atoms with Crippen molar-refractivity contribution in [3.05, 3.63) is 23.6 Å². The standard InChI is InChI=1S/C30H53N3O2/c1-5-7-9-11-13-14-15-16-17-19-23-32-29(34)27(25-31)21-22-28-33(30(3,4)26-35-28)24-20-18-12-10-8-6-2/h21-22H,5-20,23-24,26H2,1-4H3,(H,32,34). The molecule has 0 aromatic rings. The van der Waals surface area contributed by atoms with Gasteiger partial charge in [-0.25, -0.2) is 0 Å². The van der Waals surface area contributed by atoms with E-state index in [9.17, 15) is 10.1 Å². The Balaban J connectivity index is 2.37. The first-order valence-electron chi connectivity index (χ1n) is 14.5. The number of allylic oxidation sites excluding steroid dienone is 2. The van der Waals surface area contributed by atoms with Crippen molar-refractivity contribution in [3.8, 4) is 6.07 Å². The smallest absolute Gasteiger partial charge is 0.261 e. The summed E-state index contributed by atoms with van der Waals surface area (Å²) in [4.78, 5) is 14.7. The van der Waals surface area contributed by atoms with Gasteiger partial charge in [0.2, 0.25) is 0 Å². The zero-order valence-corrected chi connectivity index (χ0v) is 23.3. The van der Waals surface area contributed by atoms with Gasteiger partial charge < -0.3 is 15.0 Å². The van der Waals surface area contributed by atoms with Gasteiger partial charge in [0.05, 0.1) is 5.54 Å². The van der Waals surface area contributed by atoms with Crippen molar-refractivity contribution >= 4 is 5.91 Å². The molecule has 1 amide bonds. The average Bonchev–Trinajstić information content (AvgIpc) is 3.13. The molecule has 1 aliphatic heterocycles. The second kappa shape index (κ2) is 19.3. The number of unbranched alkanes of at least 4 members (excludes halogenated alkanes) is 14. The molecule has 0 spiro atoms. The molecule has 0 radical (unpaired) electrons. The van der Waals surface area contributed by atoms with Crippen molar-refractivity contribution in [1.29, 1.82) is 5.26 Å². The van der Waals surface area contributed by atoms with Gasteiger partial charge >= 0.3 is 0 Å². The highest BCUT2D eigenvalue weighted by Crippen LogP contribution is 2.30. The van der Waals surface area contributed by atoms with Crippen LogP contribution in [0, 0.1) is 11.3 Å². The van der Waals surface area contributed by atoms with E-state index in [1.54, 1.807) is 12.2 Å². The molecule has 35 heavy (non-hydrogen) atoms. The summed E-state index contributed by atoms with van der Waals surface area (Å²) in [6.45, 7) is 11.0. The highest BCUT2D eigenvalue weighted by Gasteiger charge is 2.36. The SMILES string of the molecule is CCCCCCCCCCCCNC(=O)C(C#N)=CC=C1OCC(C)(C)N1CCCCCCCC. The normalized spacial score (nSPS) is 16.4. The van der Waals surface area contributed by atoms with E-state index in [-0.39, 0.29) is 17.0 Å². The van der Waals surface area contributed by atoms with Crippen LogP contribution in [-0.4, -0.2) is 36.0 Å². The molecule has 5 heteroatoms. The Bertz CT molecular complexity index is 676. The first kappa shape index (κ1) is 31.1. The molecule has 0 saturated carbocycles. The Morgan fingerprint density at radius 2 is 1.43 bits per heavy atom. The first-order chi connectivity index (χ1) is 17.0. The zero-order chi connectivity index (χ0) is 25.8. The van der Waals surface area contributed by atoms with Crippen molar-refractivity contribution in [2.45, 2.75) is 136 Å². The molecule has 1 heterocycles. The molecule has 1 fully saturated rings.